The van der Waals surface area contributed by atoms with Crippen LogP contribution in [0.25, 0.3) is 0 Å². The minimum absolute atomic E-state index is 0.572. The van der Waals surface area contributed by atoms with Gasteiger partial charge in [-0.1, -0.05) is 43.7 Å². The van der Waals surface area contributed by atoms with E-state index in [1.54, 1.807) is 5.56 Å². The third-order valence-electron chi connectivity index (χ3n) is 4.22. The summed E-state index contributed by atoms with van der Waals surface area (Å²) in [4.78, 5) is 0. The highest BCUT2D eigenvalue weighted by atomic mass is 35.5. The van der Waals surface area contributed by atoms with Gasteiger partial charge in [0.15, 0.2) is 0 Å². The summed E-state index contributed by atoms with van der Waals surface area (Å²) in [7, 11) is 0. The summed E-state index contributed by atoms with van der Waals surface area (Å²) < 4.78 is 0. The normalized spacial score (nSPS) is 16.6. The Morgan fingerprint density at radius 1 is 1.11 bits per heavy atom. The zero-order valence-corrected chi connectivity index (χ0v) is 13.0. The van der Waals surface area contributed by atoms with Crippen molar-refractivity contribution in [3.8, 4) is 0 Å². The van der Waals surface area contributed by atoms with Gasteiger partial charge in [-0.2, -0.15) is 0 Å². The fraction of sp³-hybridized carbons (Fsp3) is 0.556. The largest absolute Gasteiger partial charge is 0.0888 e. The quantitative estimate of drug-likeness (QED) is 0.573. The van der Waals surface area contributed by atoms with Crippen molar-refractivity contribution in [2.24, 2.45) is 0 Å². The molecule has 0 nitrogen and oxygen atoms in total. The van der Waals surface area contributed by atoms with Crippen LogP contribution in [-0.2, 0) is 12.8 Å². The van der Waals surface area contributed by atoms with E-state index in [0.717, 1.165) is 24.3 Å². The van der Waals surface area contributed by atoms with E-state index in [-0.39, 0.29) is 0 Å². The van der Waals surface area contributed by atoms with Crippen molar-refractivity contribution in [3.05, 3.63) is 46.0 Å². The number of fused-ring (bicyclic) bond motifs is 1. The SMILES string of the molecule is CC/C=C\CC(CC)c1cc2c(cc1Cl)CCCC2. The van der Waals surface area contributed by atoms with Crippen LogP contribution >= 0.6 is 11.6 Å². The first kappa shape index (κ1) is 14.7. The molecule has 0 spiro atoms. The molecule has 1 atom stereocenters. The lowest BCUT2D eigenvalue weighted by atomic mass is 9.85. The predicted octanol–water partition coefficient (Wildman–Crippen LogP) is 6.07. The average molecular weight is 277 g/mol. The van der Waals surface area contributed by atoms with E-state index in [2.05, 4.69) is 38.1 Å². The van der Waals surface area contributed by atoms with Crippen molar-refractivity contribution >= 4 is 11.6 Å². The number of allylic oxidation sites excluding steroid dienone is 2. The zero-order chi connectivity index (χ0) is 13.7. The smallest absolute Gasteiger partial charge is 0.0443 e. The maximum Gasteiger partial charge on any atom is 0.0443 e. The summed E-state index contributed by atoms with van der Waals surface area (Å²) >= 11 is 6.52. The Hall–Kier alpha value is -0.750. The summed E-state index contributed by atoms with van der Waals surface area (Å²) in [5, 5.41) is 0.984. The van der Waals surface area contributed by atoms with E-state index in [0.29, 0.717) is 5.92 Å². The van der Waals surface area contributed by atoms with Gasteiger partial charge in [0.1, 0.15) is 0 Å². The van der Waals surface area contributed by atoms with Crippen LogP contribution < -0.4 is 0 Å². The summed E-state index contributed by atoms with van der Waals surface area (Å²) in [5.41, 5.74) is 4.40. The van der Waals surface area contributed by atoms with Crippen LogP contribution in [0.3, 0.4) is 0 Å². The fourth-order valence-electron chi connectivity index (χ4n) is 3.03. The van der Waals surface area contributed by atoms with Gasteiger partial charge in [0.25, 0.3) is 0 Å². The molecular formula is C18H25Cl. The average Bonchev–Trinajstić information content (AvgIpc) is 2.43. The standard InChI is InChI=1S/C18H25Cl/c1-3-5-6-9-14(4-2)17-12-15-10-7-8-11-16(15)13-18(17)19/h5-6,12-14H,3-4,7-11H2,1-2H3/b6-5-. The number of halogens is 1. The first-order chi connectivity index (χ1) is 9.26. The molecule has 104 valence electrons. The van der Waals surface area contributed by atoms with Gasteiger partial charge in [0.2, 0.25) is 0 Å². The Labute approximate surface area is 122 Å². The lowest BCUT2D eigenvalue weighted by Gasteiger charge is -2.21. The molecule has 19 heavy (non-hydrogen) atoms. The molecule has 0 saturated carbocycles. The summed E-state index contributed by atoms with van der Waals surface area (Å²) in [6.45, 7) is 4.45. The van der Waals surface area contributed by atoms with Gasteiger partial charge in [-0.3, -0.25) is 0 Å². The number of rotatable bonds is 5. The maximum absolute atomic E-state index is 6.52. The fourth-order valence-corrected chi connectivity index (χ4v) is 3.37. The highest BCUT2D eigenvalue weighted by molar-refractivity contribution is 6.31. The van der Waals surface area contributed by atoms with Crippen LogP contribution in [0.1, 0.15) is 68.6 Å². The summed E-state index contributed by atoms with van der Waals surface area (Å²) in [5.74, 6) is 0.572. The molecule has 1 aliphatic rings. The van der Waals surface area contributed by atoms with E-state index in [9.17, 15) is 0 Å². The van der Waals surface area contributed by atoms with Crippen LogP contribution in [0.4, 0.5) is 0 Å². The molecule has 0 aliphatic heterocycles. The maximum atomic E-state index is 6.52. The van der Waals surface area contributed by atoms with Crippen molar-refractivity contribution in [2.75, 3.05) is 0 Å². The number of aryl methyl sites for hydroxylation is 2. The van der Waals surface area contributed by atoms with E-state index >= 15 is 0 Å². The molecular weight excluding hydrogens is 252 g/mol. The van der Waals surface area contributed by atoms with Gasteiger partial charge < -0.3 is 0 Å². The molecule has 2 rings (SSSR count). The van der Waals surface area contributed by atoms with E-state index < -0.39 is 0 Å². The predicted molar refractivity (Wildman–Crippen MR) is 85.2 cm³/mol. The zero-order valence-electron chi connectivity index (χ0n) is 12.2. The van der Waals surface area contributed by atoms with Crippen LogP contribution in [0.2, 0.25) is 5.02 Å². The van der Waals surface area contributed by atoms with E-state index in [1.807, 2.05) is 0 Å². The van der Waals surface area contributed by atoms with Crippen LogP contribution in [-0.4, -0.2) is 0 Å². The topological polar surface area (TPSA) is 0 Å². The second-order valence-corrected chi connectivity index (χ2v) is 5.98. The van der Waals surface area contributed by atoms with Gasteiger partial charge >= 0.3 is 0 Å². The molecule has 0 aromatic heterocycles. The van der Waals surface area contributed by atoms with Crippen molar-refractivity contribution in [3.63, 3.8) is 0 Å². The summed E-state index contributed by atoms with van der Waals surface area (Å²) in [6.07, 6.45) is 13.1. The van der Waals surface area contributed by atoms with Crippen LogP contribution in [0, 0.1) is 0 Å². The Morgan fingerprint density at radius 3 is 2.42 bits per heavy atom. The molecule has 0 bridgehead atoms. The highest BCUT2D eigenvalue weighted by Crippen LogP contribution is 2.34. The van der Waals surface area contributed by atoms with Gasteiger partial charge in [0.05, 0.1) is 0 Å². The molecule has 0 heterocycles. The van der Waals surface area contributed by atoms with E-state index in [1.165, 1.54) is 36.8 Å². The monoisotopic (exact) mass is 276 g/mol. The number of benzene rings is 1. The van der Waals surface area contributed by atoms with Crippen molar-refractivity contribution in [1.82, 2.24) is 0 Å². The summed E-state index contributed by atoms with van der Waals surface area (Å²) in [6, 6.07) is 4.63. The Morgan fingerprint density at radius 2 is 1.79 bits per heavy atom. The molecule has 1 heteroatoms. The molecule has 0 fully saturated rings. The number of hydrogen-bond acceptors (Lipinski definition) is 0. The third-order valence-corrected chi connectivity index (χ3v) is 4.54. The Kier molecular flexibility index (Phi) is 5.51. The van der Waals surface area contributed by atoms with Crippen molar-refractivity contribution < 1.29 is 0 Å². The molecule has 0 radical (unpaired) electrons. The van der Waals surface area contributed by atoms with Gasteiger partial charge in [-0.15, -0.1) is 0 Å². The molecule has 1 aliphatic carbocycles. The molecule has 1 aromatic rings. The Bertz CT molecular complexity index is 445. The molecule has 1 aromatic carbocycles. The third kappa shape index (κ3) is 3.63. The Balaban J connectivity index is 2.24. The lowest BCUT2D eigenvalue weighted by molar-refractivity contribution is 0.658. The van der Waals surface area contributed by atoms with E-state index in [4.69, 9.17) is 11.6 Å². The van der Waals surface area contributed by atoms with Crippen LogP contribution in [0.15, 0.2) is 24.3 Å². The molecule has 0 amide bonds. The highest BCUT2D eigenvalue weighted by Gasteiger charge is 2.17. The molecule has 0 saturated heterocycles. The lowest BCUT2D eigenvalue weighted by Crippen LogP contribution is -2.06. The van der Waals surface area contributed by atoms with Gasteiger partial charge in [-0.05, 0) is 73.6 Å². The first-order valence-corrected chi connectivity index (χ1v) is 8.10. The van der Waals surface area contributed by atoms with Crippen LogP contribution in [0.5, 0.6) is 0 Å². The van der Waals surface area contributed by atoms with Gasteiger partial charge in [0, 0.05) is 5.02 Å². The molecule has 0 N–H and O–H groups in total. The second kappa shape index (κ2) is 7.14. The second-order valence-electron chi connectivity index (χ2n) is 5.57. The van der Waals surface area contributed by atoms with Crippen molar-refractivity contribution in [2.45, 2.75) is 64.7 Å². The molecule has 1 unspecified atom stereocenters. The minimum atomic E-state index is 0.572. The minimum Gasteiger partial charge on any atom is -0.0888 e. The first-order valence-electron chi connectivity index (χ1n) is 7.72. The van der Waals surface area contributed by atoms with Crippen molar-refractivity contribution in [1.29, 1.82) is 0 Å². The number of hydrogen-bond donors (Lipinski definition) is 0. The van der Waals surface area contributed by atoms with Gasteiger partial charge in [-0.25, -0.2) is 0 Å².